The molecule has 7 rings (SSSR count). The van der Waals surface area contributed by atoms with Gasteiger partial charge in [-0.15, -0.1) is 0 Å². The summed E-state index contributed by atoms with van der Waals surface area (Å²) in [5, 5.41) is 24.0. The SMILES string of the molecule is Cc1cc(F)c(COc2cc3c(cn2)[C@H]2[C@@H](C3)[C@@H]2C(=O)O)cc1-c1ccc(N2Cc3cn(CC(C)(C)O)nc3C2)cc1F. The van der Waals surface area contributed by atoms with Crippen LogP contribution >= 0.6 is 0 Å². The molecule has 2 aromatic heterocycles. The Bertz CT molecular complexity index is 1760. The molecule has 2 aliphatic carbocycles. The number of aryl methyl sites for hydroxylation is 1. The third-order valence-corrected chi connectivity index (χ3v) is 8.82. The number of carboxylic acid groups (broad SMARTS) is 1. The van der Waals surface area contributed by atoms with E-state index in [4.69, 9.17) is 4.74 Å². The van der Waals surface area contributed by atoms with E-state index in [0.29, 0.717) is 48.6 Å². The third kappa shape index (κ3) is 5.03. The molecule has 0 spiro atoms. The molecule has 1 saturated carbocycles. The Balaban J connectivity index is 1.05. The Labute approximate surface area is 247 Å². The van der Waals surface area contributed by atoms with Crippen molar-refractivity contribution < 1.29 is 28.5 Å². The quantitative estimate of drug-likeness (QED) is 0.286. The summed E-state index contributed by atoms with van der Waals surface area (Å²) < 4.78 is 38.1. The highest BCUT2D eigenvalue weighted by Crippen LogP contribution is 2.61. The van der Waals surface area contributed by atoms with Gasteiger partial charge in [0.05, 0.1) is 30.3 Å². The lowest BCUT2D eigenvalue weighted by Crippen LogP contribution is -2.27. The fourth-order valence-electron chi connectivity index (χ4n) is 6.74. The molecule has 0 bridgehead atoms. The lowest BCUT2D eigenvalue weighted by Gasteiger charge is -2.20. The highest BCUT2D eigenvalue weighted by atomic mass is 19.1. The second-order valence-electron chi connectivity index (χ2n) is 12.7. The van der Waals surface area contributed by atoms with Crippen LogP contribution in [0.2, 0.25) is 0 Å². The molecule has 2 aromatic carbocycles. The number of rotatable bonds is 8. The number of aliphatic hydroxyl groups is 1. The Morgan fingerprint density at radius 2 is 1.91 bits per heavy atom. The van der Waals surface area contributed by atoms with Crippen LogP contribution in [0.1, 0.15) is 53.3 Å². The summed E-state index contributed by atoms with van der Waals surface area (Å²) in [6.45, 7) is 6.68. The van der Waals surface area contributed by atoms with E-state index in [9.17, 15) is 19.4 Å². The number of carboxylic acids is 1. The minimum Gasteiger partial charge on any atom is -0.481 e. The molecule has 3 heterocycles. The highest BCUT2D eigenvalue weighted by molar-refractivity contribution is 5.77. The molecular weight excluding hydrogens is 554 g/mol. The monoisotopic (exact) mass is 586 g/mol. The second-order valence-corrected chi connectivity index (χ2v) is 12.7. The van der Waals surface area contributed by atoms with Crippen molar-refractivity contribution in [2.75, 3.05) is 4.90 Å². The summed E-state index contributed by atoms with van der Waals surface area (Å²) in [6, 6.07) is 9.91. The molecule has 0 unspecified atom stereocenters. The topological polar surface area (TPSA) is 101 Å². The fraction of sp³-hybridized carbons (Fsp3) is 0.364. The van der Waals surface area contributed by atoms with E-state index in [1.165, 1.54) is 12.1 Å². The molecule has 0 amide bonds. The Morgan fingerprint density at radius 1 is 1.09 bits per heavy atom. The highest BCUT2D eigenvalue weighted by Gasteiger charge is 2.59. The van der Waals surface area contributed by atoms with Crippen molar-refractivity contribution in [1.82, 2.24) is 14.8 Å². The summed E-state index contributed by atoms with van der Waals surface area (Å²) in [6.07, 6.45) is 4.28. The van der Waals surface area contributed by atoms with Crippen LogP contribution in [0.25, 0.3) is 11.1 Å². The van der Waals surface area contributed by atoms with E-state index >= 15 is 4.39 Å². The van der Waals surface area contributed by atoms with E-state index < -0.39 is 23.2 Å². The number of nitrogens with zero attached hydrogens (tertiary/aromatic N) is 4. The average molecular weight is 587 g/mol. The maximum Gasteiger partial charge on any atom is 0.307 e. The van der Waals surface area contributed by atoms with Crippen molar-refractivity contribution in [3.63, 3.8) is 0 Å². The number of benzene rings is 2. The van der Waals surface area contributed by atoms with E-state index in [-0.39, 0.29) is 29.9 Å². The number of carbonyl (C=O) groups is 1. The minimum atomic E-state index is -0.864. The molecule has 222 valence electrons. The van der Waals surface area contributed by atoms with Gasteiger partial charge in [-0.1, -0.05) is 0 Å². The number of hydrogen-bond donors (Lipinski definition) is 2. The normalized spacial score (nSPS) is 20.1. The molecule has 1 aliphatic heterocycles. The predicted octanol–water partition coefficient (Wildman–Crippen LogP) is 5.37. The first-order valence-electron chi connectivity index (χ1n) is 14.4. The van der Waals surface area contributed by atoms with Crippen LogP contribution in [0.3, 0.4) is 0 Å². The molecule has 3 atom stereocenters. The zero-order chi connectivity index (χ0) is 30.2. The molecule has 8 nitrogen and oxygen atoms in total. The second kappa shape index (κ2) is 9.87. The van der Waals surface area contributed by atoms with Crippen LogP contribution < -0.4 is 9.64 Å². The van der Waals surface area contributed by atoms with Crippen molar-refractivity contribution in [3.8, 4) is 17.0 Å². The van der Waals surface area contributed by atoms with Crippen molar-refractivity contribution in [2.24, 2.45) is 11.8 Å². The zero-order valence-corrected chi connectivity index (χ0v) is 24.1. The first-order chi connectivity index (χ1) is 20.4. The molecule has 0 radical (unpaired) electrons. The predicted molar refractivity (Wildman–Crippen MR) is 155 cm³/mol. The average Bonchev–Trinajstić information content (AvgIpc) is 3.15. The molecule has 43 heavy (non-hydrogen) atoms. The summed E-state index contributed by atoms with van der Waals surface area (Å²) in [7, 11) is 0. The van der Waals surface area contributed by atoms with Crippen LogP contribution in [0.4, 0.5) is 14.5 Å². The first kappa shape index (κ1) is 27.5. The fourth-order valence-corrected chi connectivity index (χ4v) is 6.74. The smallest absolute Gasteiger partial charge is 0.307 e. The van der Waals surface area contributed by atoms with E-state index in [2.05, 4.69) is 10.1 Å². The number of ether oxygens (including phenoxy) is 1. The Hall–Kier alpha value is -4.31. The summed E-state index contributed by atoms with van der Waals surface area (Å²) in [5.41, 5.74) is 5.66. The Morgan fingerprint density at radius 3 is 2.63 bits per heavy atom. The number of hydrogen-bond acceptors (Lipinski definition) is 6. The van der Waals surface area contributed by atoms with Gasteiger partial charge >= 0.3 is 5.97 Å². The van der Waals surface area contributed by atoms with Crippen molar-refractivity contribution in [2.45, 2.75) is 65.0 Å². The standard InChI is InChI=1S/C33H32F2N4O4/c1-17-6-26(34)19(15-43-29-9-18-7-24-30(25(18)11-36-29)31(24)32(40)41)8-23(17)22-5-4-21(10-27(22)35)38-12-20-13-39(16-33(2,3)42)37-28(20)14-38/h4-6,8-11,13,24,30-31,42H,7,12,14-16H2,1-3H3,(H,40,41)/t24-,30-,31+/m1/s1. The maximum atomic E-state index is 15.6. The first-order valence-corrected chi connectivity index (χ1v) is 14.4. The lowest BCUT2D eigenvalue weighted by atomic mass is 9.97. The van der Waals surface area contributed by atoms with Gasteiger partial charge in [-0.3, -0.25) is 9.48 Å². The largest absolute Gasteiger partial charge is 0.481 e. The Kier molecular flexibility index (Phi) is 6.32. The van der Waals surface area contributed by atoms with Crippen LogP contribution in [0.15, 0.2) is 48.8 Å². The maximum absolute atomic E-state index is 15.6. The van der Waals surface area contributed by atoms with Crippen LogP contribution in [-0.2, 0) is 37.5 Å². The van der Waals surface area contributed by atoms with Gasteiger partial charge < -0.3 is 19.8 Å². The summed E-state index contributed by atoms with van der Waals surface area (Å²) >= 11 is 0. The van der Waals surface area contributed by atoms with Crippen LogP contribution in [0, 0.1) is 30.4 Å². The number of pyridine rings is 1. The number of aliphatic carboxylic acids is 1. The van der Waals surface area contributed by atoms with Gasteiger partial charge in [0.1, 0.15) is 18.2 Å². The van der Waals surface area contributed by atoms with Gasteiger partial charge in [0.15, 0.2) is 0 Å². The lowest BCUT2D eigenvalue weighted by molar-refractivity contribution is -0.139. The van der Waals surface area contributed by atoms with Gasteiger partial charge in [0.25, 0.3) is 0 Å². The number of aromatic nitrogens is 3. The van der Waals surface area contributed by atoms with E-state index in [1.54, 1.807) is 43.8 Å². The third-order valence-electron chi connectivity index (χ3n) is 8.82. The molecule has 2 N–H and O–H groups in total. The molecule has 1 fully saturated rings. The van der Waals surface area contributed by atoms with Crippen LogP contribution in [-0.4, -0.2) is 36.5 Å². The zero-order valence-electron chi connectivity index (χ0n) is 24.1. The van der Waals surface area contributed by atoms with Gasteiger partial charge in [-0.25, -0.2) is 13.8 Å². The van der Waals surface area contributed by atoms with Crippen molar-refractivity contribution in [3.05, 3.63) is 93.9 Å². The van der Waals surface area contributed by atoms with Gasteiger partial charge in [0, 0.05) is 53.3 Å². The van der Waals surface area contributed by atoms with Gasteiger partial charge in [-0.2, -0.15) is 5.10 Å². The molecule has 10 heteroatoms. The number of halogens is 2. The molecular formula is C33H32F2N4O4. The van der Waals surface area contributed by atoms with E-state index in [0.717, 1.165) is 28.1 Å². The van der Waals surface area contributed by atoms with Gasteiger partial charge in [-0.05, 0) is 85.7 Å². The van der Waals surface area contributed by atoms with Crippen molar-refractivity contribution in [1.29, 1.82) is 0 Å². The van der Waals surface area contributed by atoms with E-state index in [1.807, 2.05) is 23.2 Å². The number of anilines is 1. The van der Waals surface area contributed by atoms with Crippen molar-refractivity contribution >= 4 is 11.7 Å². The number of fused-ring (bicyclic) bond motifs is 4. The molecule has 0 saturated heterocycles. The summed E-state index contributed by atoms with van der Waals surface area (Å²) in [4.78, 5) is 17.7. The summed E-state index contributed by atoms with van der Waals surface area (Å²) in [5.74, 6) is -1.45. The molecule has 3 aliphatic rings. The van der Waals surface area contributed by atoms with Gasteiger partial charge in [0.2, 0.25) is 5.88 Å². The van der Waals surface area contributed by atoms with Crippen LogP contribution in [0.5, 0.6) is 5.88 Å². The molecule has 4 aromatic rings. The minimum absolute atomic E-state index is 0.0262.